The first-order valence-corrected chi connectivity index (χ1v) is 6.06. The van der Waals surface area contributed by atoms with Crippen molar-refractivity contribution in [2.24, 2.45) is 0 Å². The molecule has 1 unspecified atom stereocenters. The van der Waals surface area contributed by atoms with Gasteiger partial charge in [-0.2, -0.15) is 0 Å². The van der Waals surface area contributed by atoms with E-state index in [2.05, 4.69) is 17.4 Å². The van der Waals surface area contributed by atoms with E-state index in [0.717, 1.165) is 17.5 Å². The standard InChI is InChI=1S/C15H15NO2/c17-12-6-11-7-14(10-4-2-1-3-5-10)16-9-13(11)15(18)8-12/h1-6,8,14,16-18H,7,9H2. The summed E-state index contributed by atoms with van der Waals surface area (Å²) in [6.45, 7) is 0.626. The van der Waals surface area contributed by atoms with Crippen molar-refractivity contribution in [1.29, 1.82) is 0 Å². The van der Waals surface area contributed by atoms with E-state index < -0.39 is 0 Å². The fourth-order valence-corrected chi connectivity index (χ4v) is 2.52. The highest BCUT2D eigenvalue weighted by Gasteiger charge is 2.22. The van der Waals surface area contributed by atoms with Crippen LogP contribution in [0.1, 0.15) is 22.7 Å². The molecule has 0 aliphatic carbocycles. The number of phenols is 2. The lowest BCUT2D eigenvalue weighted by Crippen LogP contribution is -2.28. The molecule has 3 nitrogen and oxygen atoms in total. The zero-order valence-corrected chi connectivity index (χ0v) is 9.93. The molecule has 3 heteroatoms. The number of rotatable bonds is 1. The van der Waals surface area contributed by atoms with Gasteiger partial charge in [-0.3, -0.25) is 0 Å². The van der Waals surface area contributed by atoms with Crippen LogP contribution in [0.25, 0.3) is 0 Å². The van der Waals surface area contributed by atoms with Crippen molar-refractivity contribution in [1.82, 2.24) is 5.32 Å². The maximum Gasteiger partial charge on any atom is 0.124 e. The van der Waals surface area contributed by atoms with Gasteiger partial charge in [0.25, 0.3) is 0 Å². The Bertz CT molecular complexity index is 566. The summed E-state index contributed by atoms with van der Waals surface area (Å²) < 4.78 is 0. The van der Waals surface area contributed by atoms with Crippen LogP contribution in [0, 0.1) is 0 Å². The van der Waals surface area contributed by atoms with Crippen molar-refractivity contribution in [2.45, 2.75) is 19.0 Å². The van der Waals surface area contributed by atoms with Crippen LogP contribution in [0.15, 0.2) is 42.5 Å². The highest BCUT2D eigenvalue weighted by atomic mass is 16.3. The molecule has 1 atom stereocenters. The molecule has 0 fully saturated rings. The molecule has 3 N–H and O–H groups in total. The second-order valence-electron chi connectivity index (χ2n) is 4.65. The minimum Gasteiger partial charge on any atom is -0.508 e. The summed E-state index contributed by atoms with van der Waals surface area (Å²) in [6.07, 6.45) is 0.779. The van der Waals surface area contributed by atoms with Gasteiger partial charge in [0.1, 0.15) is 11.5 Å². The Hall–Kier alpha value is -2.00. The maximum atomic E-state index is 9.79. The SMILES string of the molecule is Oc1cc(O)c2c(c1)CC(c1ccccc1)NC2. The highest BCUT2D eigenvalue weighted by Crippen LogP contribution is 2.33. The van der Waals surface area contributed by atoms with Crippen molar-refractivity contribution in [2.75, 3.05) is 0 Å². The molecule has 1 heterocycles. The van der Waals surface area contributed by atoms with E-state index in [-0.39, 0.29) is 17.5 Å². The largest absolute Gasteiger partial charge is 0.508 e. The number of fused-ring (bicyclic) bond motifs is 1. The Balaban J connectivity index is 1.94. The average molecular weight is 241 g/mol. The summed E-state index contributed by atoms with van der Waals surface area (Å²) in [5, 5.41) is 22.7. The fraction of sp³-hybridized carbons (Fsp3) is 0.200. The number of aromatic hydroxyl groups is 2. The normalized spacial score (nSPS) is 18.3. The molecule has 0 bridgehead atoms. The monoisotopic (exact) mass is 241 g/mol. The van der Waals surface area contributed by atoms with Gasteiger partial charge >= 0.3 is 0 Å². The molecular formula is C15H15NO2. The van der Waals surface area contributed by atoms with E-state index >= 15 is 0 Å². The maximum absolute atomic E-state index is 9.79. The third-order valence-electron chi connectivity index (χ3n) is 3.45. The molecule has 2 aromatic rings. The lowest BCUT2D eigenvalue weighted by molar-refractivity contribution is 0.424. The quantitative estimate of drug-likeness (QED) is 0.719. The van der Waals surface area contributed by atoms with E-state index in [9.17, 15) is 10.2 Å². The number of nitrogens with one attached hydrogen (secondary N) is 1. The summed E-state index contributed by atoms with van der Waals surface area (Å²) in [4.78, 5) is 0. The van der Waals surface area contributed by atoms with E-state index in [1.807, 2.05) is 18.2 Å². The predicted octanol–water partition coefficient (Wildman–Crippen LogP) is 2.48. The van der Waals surface area contributed by atoms with Gasteiger partial charge in [0.05, 0.1) is 0 Å². The van der Waals surface area contributed by atoms with Crippen molar-refractivity contribution in [3.63, 3.8) is 0 Å². The Morgan fingerprint density at radius 3 is 2.61 bits per heavy atom. The van der Waals surface area contributed by atoms with Gasteiger partial charge in [-0.1, -0.05) is 30.3 Å². The summed E-state index contributed by atoms with van der Waals surface area (Å²) in [5.74, 6) is 0.295. The molecule has 0 aromatic heterocycles. The average Bonchev–Trinajstić information content (AvgIpc) is 2.39. The fourth-order valence-electron chi connectivity index (χ4n) is 2.52. The van der Waals surface area contributed by atoms with E-state index in [1.54, 1.807) is 6.07 Å². The van der Waals surface area contributed by atoms with Crippen LogP contribution in [-0.2, 0) is 13.0 Å². The third-order valence-corrected chi connectivity index (χ3v) is 3.45. The van der Waals surface area contributed by atoms with Crippen LogP contribution in [0.4, 0.5) is 0 Å². The summed E-state index contributed by atoms with van der Waals surface area (Å²) in [6, 6.07) is 13.6. The molecule has 0 amide bonds. The first-order valence-electron chi connectivity index (χ1n) is 6.06. The number of hydrogen-bond acceptors (Lipinski definition) is 3. The van der Waals surface area contributed by atoms with E-state index in [0.29, 0.717) is 6.54 Å². The zero-order valence-electron chi connectivity index (χ0n) is 9.93. The first-order chi connectivity index (χ1) is 8.74. The summed E-state index contributed by atoms with van der Waals surface area (Å²) in [5.41, 5.74) is 3.13. The minimum absolute atomic E-state index is 0.125. The van der Waals surface area contributed by atoms with Crippen LogP contribution < -0.4 is 5.32 Å². The molecule has 92 valence electrons. The number of benzene rings is 2. The Morgan fingerprint density at radius 2 is 1.83 bits per heavy atom. The molecule has 1 aliphatic rings. The molecule has 1 aliphatic heterocycles. The molecule has 2 aromatic carbocycles. The highest BCUT2D eigenvalue weighted by molar-refractivity contribution is 5.47. The molecule has 3 rings (SSSR count). The van der Waals surface area contributed by atoms with Gasteiger partial charge < -0.3 is 15.5 Å². The molecule has 0 saturated carbocycles. The van der Waals surface area contributed by atoms with Crippen LogP contribution in [0.3, 0.4) is 0 Å². The van der Waals surface area contributed by atoms with Gasteiger partial charge in [-0.05, 0) is 23.6 Å². The van der Waals surface area contributed by atoms with Crippen molar-refractivity contribution < 1.29 is 10.2 Å². The summed E-state index contributed by atoms with van der Waals surface area (Å²) in [7, 11) is 0. The van der Waals surface area contributed by atoms with Gasteiger partial charge in [-0.25, -0.2) is 0 Å². The lowest BCUT2D eigenvalue weighted by atomic mass is 9.91. The predicted molar refractivity (Wildman–Crippen MR) is 69.5 cm³/mol. The Labute approximate surface area is 106 Å². The zero-order chi connectivity index (χ0) is 12.5. The molecule has 0 saturated heterocycles. The topological polar surface area (TPSA) is 52.5 Å². The second kappa shape index (κ2) is 4.35. The lowest BCUT2D eigenvalue weighted by Gasteiger charge is -2.27. The van der Waals surface area contributed by atoms with Gasteiger partial charge in [0.15, 0.2) is 0 Å². The van der Waals surface area contributed by atoms with Crippen LogP contribution >= 0.6 is 0 Å². The second-order valence-corrected chi connectivity index (χ2v) is 4.65. The number of phenolic OH excluding ortho intramolecular Hbond substituents is 2. The van der Waals surface area contributed by atoms with Crippen molar-refractivity contribution >= 4 is 0 Å². The Kier molecular flexibility index (Phi) is 2.68. The van der Waals surface area contributed by atoms with Gasteiger partial charge in [0, 0.05) is 24.2 Å². The minimum atomic E-state index is 0.125. The van der Waals surface area contributed by atoms with E-state index in [4.69, 9.17) is 0 Å². The number of hydrogen-bond donors (Lipinski definition) is 3. The van der Waals surface area contributed by atoms with Gasteiger partial charge in [0.2, 0.25) is 0 Å². The smallest absolute Gasteiger partial charge is 0.124 e. The molecule has 0 radical (unpaired) electrons. The van der Waals surface area contributed by atoms with Crippen molar-refractivity contribution in [3.8, 4) is 11.5 Å². The van der Waals surface area contributed by atoms with Crippen LogP contribution in [0.2, 0.25) is 0 Å². The van der Waals surface area contributed by atoms with Gasteiger partial charge in [-0.15, -0.1) is 0 Å². The van der Waals surface area contributed by atoms with Crippen molar-refractivity contribution in [3.05, 3.63) is 59.2 Å². The Morgan fingerprint density at radius 1 is 1.06 bits per heavy atom. The molecular weight excluding hydrogens is 226 g/mol. The van der Waals surface area contributed by atoms with Crippen LogP contribution in [0.5, 0.6) is 11.5 Å². The van der Waals surface area contributed by atoms with E-state index in [1.165, 1.54) is 11.6 Å². The first kappa shape index (κ1) is 11.1. The molecule has 0 spiro atoms. The van der Waals surface area contributed by atoms with Crippen LogP contribution in [-0.4, -0.2) is 10.2 Å². The third kappa shape index (κ3) is 1.93. The molecule has 18 heavy (non-hydrogen) atoms. The summed E-state index contributed by atoms with van der Waals surface area (Å²) >= 11 is 0.